The smallest absolute Gasteiger partial charge is 0.161 e. The molecule has 0 amide bonds. The third kappa shape index (κ3) is 1.88. The first-order chi connectivity index (χ1) is 7.63. The predicted molar refractivity (Wildman–Crippen MR) is 66.4 cm³/mol. The molecule has 1 atom stereocenters. The van der Waals surface area contributed by atoms with Gasteiger partial charge in [-0.3, -0.25) is 0 Å². The summed E-state index contributed by atoms with van der Waals surface area (Å²) in [5.41, 5.74) is 5.89. The van der Waals surface area contributed by atoms with Gasteiger partial charge in [0.1, 0.15) is 16.8 Å². The minimum atomic E-state index is -0.103. The van der Waals surface area contributed by atoms with Crippen molar-refractivity contribution in [2.24, 2.45) is 5.92 Å². The molecule has 2 heterocycles. The minimum Gasteiger partial charge on any atom is -0.383 e. The molecule has 2 aromatic rings. The van der Waals surface area contributed by atoms with E-state index in [1.807, 2.05) is 11.4 Å². The Hall–Kier alpha value is -1.20. The van der Waals surface area contributed by atoms with E-state index in [1.165, 1.54) is 0 Å². The standard InChI is InChI=1S/C11H15N3OS/c1-6(2)8(15-3)10-13-9(12)7-4-5-16-11(7)14-10/h4-6,8H,1-3H3,(H2,12,13,14). The lowest BCUT2D eigenvalue weighted by molar-refractivity contribution is 0.0579. The summed E-state index contributed by atoms with van der Waals surface area (Å²) in [5, 5.41) is 2.89. The molecular weight excluding hydrogens is 222 g/mol. The number of thiophene rings is 1. The molecule has 0 saturated carbocycles. The van der Waals surface area contributed by atoms with Crippen LogP contribution in [0.4, 0.5) is 5.82 Å². The van der Waals surface area contributed by atoms with E-state index in [0.29, 0.717) is 17.6 Å². The molecule has 0 radical (unpaired) electrons. The van der Waals surface area contributed by atoms with Crippen LogP contribution in [0.15, 0.2) is 11.4 Å². The highest BCUT2D eigenvalue weighted by molar-refractivity contribution is 7.16. The normalized spacial score (nSPS) is 13.5. The van der Waals surface area contributed by atoms with Crippen LogP contribution in [0.5, 0.6) is 0 Å². The van der Waals surface area contributed by atoms with Crippen molar-refractivity contribution in [1.29, 1.82) is 0 Å². The first-order valence-electron chi connectivity index (χ1n) is 5.17. The van der Waals surface area contributed by atoms with E-state index in [2.05, 4.69) is 23.8 Å². The van der Waals surface area contributed by atoms with Crippen LogP contribution in [-0.2, 0) is 4.74 Å². The van der Waals surface area contributed by atoms with Gasteiger partial charge in [-0.15, -0.1) is 11.3 Å². The van der Waals surface area contributed by atoms with E-state index in [0.717, 1.165) is 10.2 Å². The molecule has 0 aromatic carbocycles. The summed E-state index contributed by atoms with van der Waals surface area (Å²) in [6.07, 6.45) is -0.103. The van der Waals surface area contributed by atoms with Gasteiger partial charge in [-0.1, -0.05) is 13.8 Å². The molecule has 2 aromatic heterocycles. The van der Waals surface area contributed by atoms with Crippen LogP contribution in [0.2, 0.25) is 0 Å². The second-order valence-corrected chi connectivity index (χ2v) is 4.90. The van der Waals surface area contributed by atoms with E-state index < -0.39 is 0 Å². The summed E-state index contributed by atoms with van der Waals surface area (Å²) in [6.45, 7) is 4.15. The highest BCUT2D eigenvalue weighted by atomic mass is 32.1. The van der Waals surface area contributed by atoms with Gasteiger partial charge in [0.2, 0.25) is 0 Å². The largest absolute Gasteiger partial charge is 0.383 e. The van der Waals surface area contributed by atoms with Gasteiger partial charge in [-0.05, 0) is 17.4 Å². The first kappa shape index (κ1) is 11.3. The lowest BCUT2D eigenvalue weighted by Gasteiger charge is -2.17. The second-order valence-electron chi connectivity index (χ2n) is 4.01. The van der Waals surface area contributed by atoms with Crippen LogP contribution in [0.1, 0.15) is 25.8 Å². The third-order valence-corrected chi connectivity index (χ3v) is 3.29. The molecule has 0 bridgehead atoms. The summed E-state index contributed by atoms with van der Waals surface area (Å²) in [5.74, 6) is 1.52. The highest BCUT2D eigenvalue weighted by Crippen LogP contribution is 2.28. The molecule has 1 unspecified atom stereocenters. The van der Waals surface area contributed by atoms with Gasteiger partial charge in [0, 0.05) is 7.11 Å². The number of hydrogen-bond donors (Lipinski definition) is 1. The van der Waals surface area contributed by atoms with E-state index in [4.69, 9.17) is 10.5 Å². The monoisotopic (exact) mass is 237 g/mol. The van der Waals surface area contributed by atoms with Crippen molar-refractivity contribution in [3.63, 3.8) is 0 Å². The van der Waals surface area contributed by atoms with Crippen molar-refractivity contribution < 1.29 is 4.74 Å². The zero-order valence-electron chi connectivity index (χ0n) is 9.60. The van der Waals surface area contributed by atoms with Gasteiger partial charge < -0.3 is 10.5 Å². The molecule has 5 heteroatoms. The van der Waals surface area contributed by atoms with Gasteiger partial charge in [0.15, 0.2) is 5.82 Å². The first-order valence-corrected chi connectivity index (χ1v) is 6.05. The average Bonchev–Trinajstić information content (AvgIpc) is 2.66. The van der Waals surface area contributed by atoms with Crippen molar-refractivity contribution >= 4 is 27.4 Å². The van der Waals surface area contributed by atoms with Crippen molar-refractivity contribution in [3.05, 3.63) is 17.3 Å². The van der Waals surface area contributed by atoms with Crippen LogP contribution in [0, 0.1) is 5.92 Å². The molecule has 0 fully saturated rings. The quantitative estimate of drug-likeness (QED) is 0.891. The van der Waals surface area contributed by atoms with Crippen molar-refractivity contribution in [1.82, 2.24) is 9.97 Å². The van der Waals surface area contributed by atoms with Crippen molar-refractivity contribution in [3.8, 4) is 0 Å². The Morgan fingerprint density at radius 2 is 2.12 bits per heavy atom. The molecule has 0 spiro atoms. The average molecular weight is 237 g/mol. The van der Waals surface area contributed by atoms with E-state index in [1.54, 1.807) is 18.4 Å². The number of anilines is 1. The van der Waals surface area contributed by atoms with Gasteiger partial charge in [-0.2, -0.15) is 0 Å². The van der Waals surface area contributed by atoms with Gasteiger partial charge in [0.25, 0.3) is 0 Å². The highest BCUT2D eigenvalue weighted by Gasteiger charge is 2.19. The van der Waals surface area contributed by atoms with Crippen LogP contribution >= 0.6 is 11.3 Å². The Morgan fingerprint density at radius 3 is 2.75 bits per heavy atom. The number of rotatable bonds is 3. The van der Waals surface area contributed by atoms with E-state index >= 15 is 0 Å². The van der Waals surface area contributed by atoms with E-state index in [-0.39, 0.29) is 6.10 Å². The number of ether oxygens (including phenoxy) is 1. The lowest BCUT2D eigenvalue weighted by Crippen LogP contribution is -2.13. The predicted octanol–water partition coefficient (Wildman–Crippen LogP) is 2.62. The summed E-state index contributed by atoms with van der Waals surface area (Å²) < 4.78 is 5.40. The number of fused-ring (bicyclic) bond motifs is 1. The fourth-order valence-corrected chi connectivity index (χ4v) is 2.48. The number of nitrogen functional groups attached to an aromatic ring is 1. The van der Waals surface area contributed by atoms with Gasteiger partial charge in [-0.25, -0.2) is 9.97 Å². The summed E-state index contributed by atoms with van der Waals surface area (Å²) in [7, 11) is 1.67. The Bertz CT molecular complexity index is 495. The maximum atomic E-state index is 5.89. The SMILES string of the molecule is COC(c1nc(N)c2ccsc2n1)C(C)C. The van der Waals surface area contributed by atoms with Gasteiger partial charge in [0.05, 0.1) is 5.39 Å². The maximum absolute atomic E-state index is 5.89. The molecule has 4 nitrogen and oxygen atoms in total. The van der Waals surface area contributed by atoms with Crippen LogP contribution in [0.25, 0.3) is 10.2 Å². The van der Waals surface area contributed by atoms with E-state index in [9.17, 15) is 0 Å². The molecule has 0 aliphatic heterocycles. The van der Waals surface area contributed by atoms with Crippen LogP contribution < -0.4 is 5.73 Å². The molecule has 0 aliphatic rings. The van der Waals surface area contributed by atoms with Crippen molar-refractivity contribution in [2.75, 3.05) is 12.8 Å². The fourth-order valence-electron chi connectivity index (χ4n) is 1.70. The molecule has 86 valence electrons. The zero-order chi connectivity index (χ0) is 11.7. The fraction of sp³-hybridized carbons (Fsp3) is 0.455. The summed E-state index contributed by atoms with van der Waals surface area (Å²) in [4.78, 5) is 9.73. The molecule has 2 N–H and O–H groups in total. The maximum Gasteiger partial charge on any atom is 0.161 e. The Kier molecular flexibility index (Phi) is 3.07. The molecule has 0 aliphatic carbocycles. The van der Waals surface area contributed by atoms with Crippen LogP contribution in [-0.4, -0.2) is 17.1 Å². The van der Waals surface area contributed by atoms with Gasteiger partial charge >= 0.3 is 0 Å². The zero-order valence-corrected chi connectivity index (χ0v) is 10.4. The number of hydrogen-bond acceptors (Lipinski definition) is 5. The number of nitrogens with two attached hydrogens (primary N) is 1. The molecule has 0 saturated heterocycles. The third-order valence-electron chi connectivity index (χ3n) is 2.49. The Morgan fingerprint density at radius 1 is 1.38 bits per heavy atom. The summed E-state index contributed by atoms with van der Waals surface area (Å²) in [6, 6.07) is 1.94. The number of nitrogens with zero attached hydrogens (tertiary/aromatic N) is 2. The van der Waals surface area contributed by atoms with Crippen LogP contribution in [0.3, 0.4) is 0 Å². The molecule has 16 heavy (non-hydrogen) atoms. The number of aromatic nitrogens is 2. The molecular formula is C11H15N3OS. The topological polar surface area (TPSA) is 61.0 Å². The minimum absolute atomic E-state index is 0.103. The number of methoxy groups -OCH3 is 1. The Labute approximate surface area is 98.5 Å². The second kappa shape index (κ2) is 4.35. The van der Waals surface area contributed by atoms with Crippen molar-refractivity contribution in [2.45, 2.75) is 20.0 Å². The summed E-state index contributed by atoms with van der Waals surface area (Å²) >= 11 is 1.57. The molecule has 2 rings (SSSR count). The Balaban J connectivity index is 2.52. The lowest BCUT2D eigenvalue weighted by atomic mass is 10.1.